The van der Waals surface area contributed by atoms with Gasteiger partial charge in [0.2, 0.25) is 0 Å². The fraction of sp³-hybridized carbons (Fsp3) is 0.625. The zero-order chi connectivity index (χ0) is 9.35. The Labute approximate surface area is 68.8 Å². The molecular formula is C8H10F3N. The van der Waals surface area contributed by atoms with Crippen LogP contribution in [0.1, 0.15) is 19.8 Å². The highest BCUT2D eigenvalue weighted by molar-refractivity contribution is 5.84. The molecule has 1 unspecified atom stereocenters. The van der Waals surface area contributed by atoms with Crippen molar-refractivity contribution in [3.8, 4) is 0 Å². The van der Waals surface area contributed by atoms with Crippen LogP contribution < -0.4 is 0 Å². The molecule has 0 aliphatic heterocycles. The van der Waals surface area contributed by atoms with Gasteiger partial charge in [0.05, 0.1) is 0 Å². The van der Waals surface area contributed by atoms with Gasteiger partial charge in [-0.25, -0.2) is 0 Å². The summed E-state index contributed by atoms with van der Waals surface area (Å²) in [5.41, 5.74) is -0.0889. The Morgan fingerprint density at radius 1 is 1.50 bits per heavy atom. The molecule has 1 aliphatic carbocycles. The summed E-state index contributed by atoms with van der Waals surface area (Å²) in [6.45, 7) is 1.51. The van der Waals surface area contributed by atoms with Gasteiger partial charge in [0.15, 0.2) is 0 Å². The summed E-state index contributed by atoms with van der Waals surface area (Å²) < 4.78 is 36.5. The molecule has 0 radical (unpaired) electrons. The molecule has 1 N–H and O–H groups in total. The van der Waals surface area contributed by atoms with Crippen molar-refractivity contribution >= 4 is 5.71 Å². The summed E-state index contributed by atoms with van der Waals surface area (Å²) in [4.78, 5) is 0. The SMILES string of the molecule is CC1CC(=N)CC=C1C(F)(F)F. The van der Waals surface area contributed by atoms with E-state index >= 15 is 0 Å². The minimum absolute atomic E-state index is 0.152. The van der Waals surface area contributed by atoms with Crippen molar-refractivity contribution in [2.24, 2.45) is 5.92 Å². The predicted octanol–water partition coefficient (Wildman–Crippen LogP) is 2.92. The highest BCUT2D eigenvalue weighted by atomic mass is 19.4. The molecule has 0 aromatic rings. The van der Waals surface area contributed by atoms with Crippen LogP contribution in [0.5, 0.6) is 0 Å². The highest BCUT2D eigenvalue weighted by Crippen LogP contribution is 2.35. The molecule has 1 aliphatic rings. The molecule has 0 amide bonds. The monoisotopic (exact) mass is 177 g/mol. The van der Waals surface area contributed by atoms with Crippen LogP contribution in [-0.2, 0) is 0 Å². The second kappa shape index (κ2) is 2.92. The number of hydrogen-bond acceptors (Lipinski definition) is 1. The molecule has 0 bridgehead atoms. The molecule has 68 valence electrons. The quantitative estimate of drug-likeness (QED) is 0.550. The molecule has 4 heteroatoms. The van der Waals surface area contributed by atoms with Crippen LogP contribution in [0.15, 0.2) is 11.6 Å². The lowest BCUT2D eigenvalue weighted by molar-refractivity contribution is -0.0986. The average molecular weight is 177 g/mol. The lowest BCUT2D eigenvalue weighted by Gasteiger charge is -2.22. The van der Waals surface area contributed by atoms with Crippen LogP contribution in [0, 0.1) is 11.3 Å². The van der Waals surface area contributed by atoms with Crippen LogP contribution in [0.3, 0.4) is 0 Å². The predicted molar refractivity (Wildman–Crippen MR) is 40.3 cm³/mol. The standard InChI is InChI=1S/C8H10F3N/c1-5-4-6(12)2-3-7(5)8(9,10)11/h3,5,12H,2,4H2,1H3. The molecule has 0 aromatic carbocycles. The number of allylic oxidation sites excluding steroid dienone is 2. The molecule has 0 aromatic heterocycles. The largest absolute Gasteiger partial charge is 0.412 e. The van der Waals surface area contributed by atoms with Gasteiger partial charge in [-0.3, -0.25) is 0 Å². The van der Waals surface area contributed by atoms with E-state index in [-0.39, 0.29) is 12.8 Å². The summed E-state index contributed by atoms with van der Waals surface area (Å²) in [6, 6.07) is 0. The first-order valence-electron chi connectivity index (χ1n) is 3.75. The van der Waals surface area contributed by atoms with Gasteiger partial charge in [0.1, 0.15) is 0 Å². The van der Waals surface area contributed by atoms with Crippen molar-refractivity contribution in [3.63, 3.8) is 0 Å². The van der Waals surface area contributed by atoms with Crippen molar-refractivity contribution in [3.05, 3.63) is 11.6 Å². The summed E-state index contributed by atoms with van der Waals surface area (Å²) in [7, 11) is 0. The van der Waals surface area contributed by atoms with Gasteiger partial charge >= 0.3 is 6.18 Å². The normalized spacial score (nSPS) is 25.5. The van der Waals surface area contributed by atoms with E-state index in [2.05, 4.69) is 0 Å². The first kappa shape index (κ1) is 9.29. The van der Waals surface area contributed by atoms with Crippen molar-refractivity contribution in [2.75, 3.05) is 0 Å². The van der Waals surface area contributed by atoms with E-state index in [1.54, 1.807) is 0 Å². The summed E-state index contributed by atoms with van der Waals surface area (Å²) in [6.07, 6.45) is -2.69. The number of hydrogen-bond donors (Lipinski definition) is 1. The van der Waals surface area contributed by atoms with Crippen molar-refractivity contribution in [1.29, 1.82) is 5.41 Å². The van der Waals surface area contributed by atoms with Gasteiger partial charge in [-0.15, -0.1) is 0 Å². The van der Waals surface area contributed by atoms with Gasteiger partial charge in [0.25, 0.3) is 0 Å². The van der Waals surface area contributed by atoms with Crippen LogP contribution in [0.25, 0.3) is 0 Å². The summed E-state index contributed by atoms with van der Waals surface area (Å²) in [5, 5.41) is 7.20. The second-order valence-electron chi connectivity index (χ2n) is 3.07. The zero-order valence-electron chi connectivity index (χ0n) is 6.70. The molecule has 1 atom stereocenters. The Morgan fingerprint density at radius 3 is 2.50 bits per heavy atom. The van der Waals surface area contributed by atoms with Crippen LogP contribution in [-0.4, -0.2) is 11.9 Å². The minimum Gasteiger partial charge on any atom is -0.309 e. The molecular weight excluding hydrogens is 167 g/mol. The number of rotatable bonds is 0. The topological polar surface area (TPSA) is 23.9 Å². The average Bonchev–Trinajstić information content (AvgIpc) is 1.83. The Morgan fingerprint density at radius 2 is 2.08 bits per heavy atom. The van der Waals surface area contributed by atoms with Gasteiger partial charge < -0.3 is 5.41 Å². The third kappa shape index (κ3) is 1.87. The first-order chi connectivity index (χ1) is 5.41. The Bertz CT molecular complexity index is 227. The van der Waals surface area contributed by atoms with Crippen LogP contribution in [0.2, 0.25) is 0 Å². The van der Waals surface area contributed by atoms with Crippen LogP contribution >= 0.6 is 0 Å². The first-order valence-corrected chi connectivity index (χ1v) is 3.75. The number of alkyl halides is 3. The molecule has 1 rings (SSSR count). The van der Waals surface area contributed by atoms with Gasteiger partial charge in [-0.2, -0.15) is 13.2 Å². The maximum Gasteiger partial charge on any atom is 0.412 e. The summed E-state index contributed by atoms with van der Waals surface area (Å²) >= 11 is 0. The minimum atomic E-state index is -4.21. The molecule has 1 nitrogen and oxygen atoms in total. The smallest absolute Gasteiger partial charge is 0.309 e. The lowest BCUT2D eigenvalue weighted by atomic mass is 9.88. The fourth-order valence-electron chi connectivity index (χ4n) is 1.39. The molecule has 0 fully saturated rings. The molecule has 0 saturated heterocycles. The van der Waals surface area contributed by atoms with E-state index < -0.39 is 17.7 Å². The Hall–Kier alpha value is -0.800. The zero-order valence-corrected chi connectivity index (χ0v) is 6.70. The lowest BCUT2D eigenvalue weighted by Crippen LogP contribution is -2.23. The Kier molecular flexibility index (Phi) is 2.26. The molecule has 0 saturated carbocycles. The van der Waals surface area contributed by atoms with Crippen molar-refractivity contribution < 1.29 is 13.2 Å². The maximum absolute atomic E-state index is 12.2. The third-order valence-electron chi connectivity index (χ3n) is 1.98. The van der Waals surface area contributed by atoms with E-state index in [0.29, 0.717) is 5.71 Å². The molecule has 12 heavy (non-hydrogen) atoms. The maximum atomic E-state index is 12.2. The van der Waals surface area contributed by atoms with E-state index in [1.807, 2.05) is 0 Å². The van der Waals surface area contributed by atoms with E-state index in [9.17, 15) is 13.2 Å². The van der Waals surface area contributed by atoms with Crippen molar-refractivity contribution in [2.45, 2.75) is 25.9 Å². The summed E-state index contributed by atoms with van der Waals surface area (Å²) in [5.74, 6) is -0.550. The third-order valence-corrected chi connectivity index (χ3v) is 1.98. The van der Waals surface area contributed by atoms with Gasteiger partial charge in [-0.05, 0) is 12.3 Å². The van der Waals surface area contributed by atoms with E-state index in [0.717, 1.165) is 6.08 Å². The second-order valence-corrected chi connectivity index (χ2v) is 3.07. The van der Waals surface area contributed by atoms with Crippen LogP contribution in [0.4, 0.5) is 13.2 Å². The molecule has 0 spiro atoms. The highest BCUT2D eigenvalue weighted by Gasteiger charge is 2.38. The van der Waals surface area contributed by atoms with Gasteiger partial charge in [0, 0.05) is 17.7 Å². The van der Waals surface area contributed by atoms with E-state index in [1.165, 1.54) is 6.92 Å². The fourth-order valence-corrected chi connectivity index (χ4v) is 1.39. The van der Waals surface area contributed by atoms with E-state index in [4.69, 9.17) is 5.41 Å². The molecule has 0 heterocycles. The Balaban J connectivity index is 2.84. The van der Waals surface area contributed by atoms with Gasteiger partial charge in [-0.1, -0.05) is 13.0 Å². The number of halogens is 3. The number of nitrogens with one attached hydrogen (secondary N) is 1. The van der Waals surface area contributed by atoms with Crippen molar-refractivity contribution in [1.82, 2.24) is 0 Å².